The third-order valence-electron chi connectivity index (χ3n) is 5.67. The number of aliphatic hydroxyl groups excluding tert-OH is 2. The number of ether oxygens (including phenoxy) is 1. The lowest BCUT2D eigenvalue weighted by Gasteiger charge is -2.28. The summed E-state index contributed by atoms with van der Waals surface area (Å²) in [5.74, 6) is 0.784. The van der Waals surface area contributed by atoms with Gasteiger partial charge in [-0.15, -0.1) is 0 Å². The molecule has 4 aromatic rings. The van der Waals surface area contributed by atoms with Crippen molar-refractivity contribution in [3.8, 4) is 28.0 Å². The first-order valence-electron chi connectivity index (χ1n) is 10.2. The molecule has 4 rings (SSSR count). The van der Waals surface area contributed by atoms with Crippen LogP contribution in [-0.4, -0.2) is 50.5 Å². The molecule has 3 N–H and O–H groups in total. The first kappa shape index (κ1) is 21.5. The maximum Gasteiger partial charge on any atom is 0.137 e. The quantitative estimate of drug-likeness (QED) is 0.382. The second kappa shape index (κ2) is 8.82. The summed E-state index contributed by atoms with van der Waals surface area (Å²) in [6, 6.07) is 11.8. The van der Waals surface area contributed by atoms with Crippen LogP contribution < -0.4 is 4.74 Å². The molecule has 2 atom stereocenters. The number of para-hydroxylation sites is 1. The fraction of sp³-hybridized carbons (Fsp3) is 0.200. The minimum Gasteiger partial charge on any atom is -0.496 e. The van der Waals surface area contributed by atoms with E-state index < -0.39 is 12.3 Å². The number of pyridine rings is 2. The third-order valence-corrected chi connectivity index (χ3v) is 5.67. The van der Waals surface area contributed by atoms with Crippen molar-refractivity contribution < 1.29 is 14.9 Å². The third kappa shape index (κ3) is 3.95. The number of aromatic nitrogens is 3. The largest absolute Gasteiger partial charge is 0.496 e. The highest BCUT2D eigenvalue weighted by atomic mass is 16.5. The maximum atomic E-state index is 10.7. The first-order valence-corrected chi connectivity index (χ1v) is 10.2. The molecule has 0 spiro atoms. The highest BCUT2D eigenvalue weighted by Gasteiger charge is 2.19. The monoisotopic (exact) mass is 430 g/mol. The van der Waals surface area contributed by atoms with Gasteiger partial charge in [0, 0.05) is 70.7 Å². The van der Waals surface area contributed by atoms with E-state index in [0.717, 1.165) is 39.0 Å². The molecule has 0 saturated carbocycles. The molecule has 32 heavy (non-hydrogen) atoms. The van der Waals surface area contributed by atoms with Gasteiger partial charge in [-0.1, -0.05) is 24.8 Å². The molecule has 3 aromatic heterocycles. The van der Waals surface area contributed by atoms with Gasteiger partial charge in [-0.2, -0.15) is 0 Å². The lowest BCUT2D eigenvalue weighted by Crippen LogP contribution is -2.30. The van der Waals surface area contributed by atoms with E-state index in [1.807, 2.05) is 42.6 Å². The Balaban J connectivity index is 1.73. The van der Waals surface area contributed by atoms with Crippen LogP contribution in [0.1, 0.15) is 18.6 Å². The van der Waals surface area contributed by atoms with Gasteiger partial charge in [-0.25, -0.2) is 4.98 Å². The van der Waals surface area contributed by atoms with Crippen molar-refractivity contribution in [2.45, 2.75) is 19.3 Å². The zero-order chi connectivity index (χ0) is 22.8. The van der Waals surface area contributed by atoms with Gasteiger partial charge in [-0.05, 0) is 25.1 Å². The minimum absolute atomic E-state index is 0.386. The first-order chi connectivity index (χ1) is 15.4. The summed E-state index contributed by atoms with van der Waals surface area (Å²) in [5.41, 5.74) is 5.38. The van der Waals surface area contributed by atoms with E-state index in [0.29, 0.717) is 11.3 Å². The van der Waals surface area contributed by atoms with E-state index in [9.17, 15) is 10.2 Å². The van der Waals surface area contributed by atoms with Crippen LogP contribution in [-0.2, 0) is 0 Å². The Labute approximate surface area is 186 Å². The predicted octanol–water partition coefficient (Wildman–Crippen LogP) is 4.12. The highest BCUT2D eigenvalue weighted by Crippen LogP contribution is 2.36. The molecule has 0 saturated heterocycles. The van der Waals surface area contributed by atoms with Gasteiger partial charge in [0.1, 0.15) is 23.7 Å². The Morgan fingerprint density at radius 1 is 1.09 bits per heavy atom. The lowest BCUT2D eigenvalue weighted by atomic mass is 10.0. The molecule has 1 aromatic carbocycles. The Hall–Kier alpha value is -3.68. The van der Waals surface area contributed by atoms with E-state index in [4.69, 9.17) is 4.74 Å². The molecule has 7 heteroatoms. The molecule has 0 fully saturated rings. The molecule has 164 valence electrons. The van der Waals surface area contributed by atoms with Crippen molar-refractivity contribution in [1.29, 1.82) is 0 Å². The molecular weight excluding hydrogens is 404 g/mol. The number of hydrogen-bond acceptors (Lipinski definition) is 6. The standard InChI is InChI=1S/C25H26N4O3/c1-15(29(3)16(2)30)24(31)19-9-17(11-26-12-19)18-10-21-22(14-28-25(21)27-13-18)20-7-5-6-8-23(20)32-4/h5-14,16,24,30-31H,1H2,2-4H3,(H,27,28). The summed E-state index contributed by atoms with van der Waals surface area (Å²) in [4.78, 5) is 13.6. The van der Waals surface area contributed by atoms with Gasteiger partial charge in [-0.3, -0.25) is 4.98 Å². The van der Waals surface area contributed by atoms with Crippen LogP contribution in [0.15, 0.2) is 73.5 Å². The number of H-pyrrole nitrogens is 1. The van der Waals surface area contributed by atoms with Crippen LogP contribution in [0, 0.1) is 0 Å². The zero-order valence-corrected chi connectivity index (χ0v) is 18.3. The minimum atomic E-state index is -0.991. The molecule has 0 radical (unpaired) electrons. The molecule has 0 aliphatic carbocycles. The van der Waals surface area contributed by atoms with Crippen LogP contribution >= 0.6 is 0 Å². The number of likely N-dealkylation sites (N-methyl/N-ethyl adjacent to an activating group) is 1. The number of rotatable bonds is 7. The average molecular weight is 431 g/mol. The highest BCUT2D eigenvalue weighted by molar-refractivity contribution is 5.97. The van der Waals surface area contributed by atoms with Crippen LogP contribution in [0.25, 0.3) is 33.3 Å². The van der Waals surface area contributed by atoms with Crippen LogP contribution in [0.5, 0.6) is 5.75 Å². The molecule has 2 unspecified atom stereocenters. The predicted molar refractivity (Wildman–Crippen MR) is 125 cm³/mol. The fourth-order valence-corrected chi connectivity index (χ4v) is 3.64. The summed E-state index contributed by atoms with van der Waals surface area (Å²) in [7, 11) is 3.33. The molecule has 3 heterocycles. The van der Waals surface area contributed by atoms with E-state index in [2.05, 4.69) is 21.5 Å². The van der Waals surface area contributed by atoms with E-state index in [1.165, 1.54) is 4.90 Å². The molecule has 0 amide bonds. The van der Waals surface area contributed by atoms with Gasteiger partial charge in [0.25, 0.3) is 0 Å². The van der Waals surface area contributed by atoms with Crippen molar-refractivity contribution in [2.75, 3.05) is 14.2 Å². The Bertz CT molecular complexity index is 1270. The SMILES string of the molecule is C=C(C(O)c1cncc(-c2cnc3[nH]cc(-c4ccccc4OC)c3c2)c1)N(C)C(C)O. The van der Waals surface area contributed by atoms with E-state index >= 15 is 0 Å². The molecule has 0 aliphatic rings. The zero-order valence-electron chi connectivity index (χ0n) is 18.3. The van der Waals surface area contributed by atoms with Crippen molar-refractivity contribution >= 4 is 11.0 Å². The van der Waals surface area contributed by atoms with Gasteiger partial charge in [0.05, 0.1) is 7.11 Å². The summed E-state index contributed by atoms with van der Waals surface area (Å²) in [5, 5.41) is 21.5. The summed E-state index contributed by atoms with van der Waals surface area (Å²) in [6.07, 6.45) is 5.27. The number of aromatic amines is 1. The van der Waals surface area contributed by atoms with Gasteiger partial charge in [0.15, 0.2) is 0 Å². The topological polar surface area (TPSA) is 94.5 Å². The van der Waals surface area contributed by atoms with Gasteiger partial charge in [0.2, 0.25) is 0 Å². The van der Waals surface area contributed by atoms with E-state index in [-0.39, 0.29) is 0 Å². The molecule has 0 bridgehead atoms. The fourth-order valence-electron chi connectivity index (χ4n) is 3.64. The number of nitrogens with one attached hydrogen (secondary N) is 1. The lowest BCUT2D eigenvalue weighted by molar-refractivity contribution is 0.0402. The normalized spacial score (nSPS) is 13.0. The van der Waals surface area contributed by atoms with Crippen molar-refractivity contribution in [1.82, 2.24) is 19.9 Å². The van der Waals surface area contributed by atoms with E-state index in [1.54, 1.807) is 39.7 Å². The van der Waals surface area contributed by atoms with Gasteiger partial charge < -0.3 is 24.8 Å². The number of benzene rings is 1. The van der Waals surface area contributed by atoms with Crippen LogP contribution in [0.4, 0.5) is 0 Å². The van der Waals surface area contributed by atoms with Crippen molar-refractivity contribution in [2.24, 2.45) is 0 Å². The molecule has 0 aliphatic heterocycles. The van der Waals surface area contributed by atoms with Crippen molar-refractivity contribution in [3.05, 3.63) is 79.0 Å². The Morgan fingerprint density at radius 3 is 2.59 bits per heavy atom. The number of aliphatic hydroxyl groups is 2. The Kier molecular flexibility index (Phi) is 5.94. The second-order valence-electron chi connectivity index (χ2n) is 7.67. The van der Waals surface area contributed by atoms with Crippen molar-refractivity contribution in [3.63, 3.8) is 0 Å². The number of fused-ring (bicyclic) bond motifs is 1. The maximum absolute atomic E-state index is 10.7. The smallest absolute Gasteiger partial charge is 0.137 e. The van der Waals surface area contributed by atoms with Gasteiger partial charge >= 0.3 is 0 Å². The second-order valence-corrected chi connectivity index (χ2v) is 7.67. The average Bonchev–Trinajstić information content (AvgIpc) is 3.25. The number of methoxy groups -OCH3 is 1. The Morgan fingerprint density at radius 2 is 1.84 bits per heavy atom. The molecule has 7 nitrogen and oxygen atoms in total. The summed E-state index contributed by atoms with van der Waals surface area (Å²) in [6.45, 7) is 5.52. The summed E-state index contributed by atoms with van der Waals surface area (Å²) >= 11 is 0. The summed E-state index contributed by atoms with van der Waals surface area (Å²) < 4.78 is 5.53. The number of hydrogen-bond donors (Lipinski definition) is 3. The van der Waals surface area contributed by atoms with Crippen LogP contribution in [0.2, 0.25) is 0 Å². The molecular formula is C25H26N4O3. The number of nitrogens with zero attached hydrogens (tertiary/aromatic N) is 3. The van der Waals surface area contributed by atoms with Crippen LogP contribution in [0.3, 0.4) is 0 Å².